The fourth-order valence-corrected chi connectivity index (χ4v) is 4.14. The first kappa shape index (κ1) is 20.2. The van der Waals surface area contributed by atoms with E-state index in [4.69, 9.17) is 4.74 Å². The number of likely N-dealkylation sites (tertiary alicyclic amines) is 2. The number of hydrogen-bond acceptors (Lipinski definition) is 4. The summed E-state index contributed by atoms with van der Waals surface area (Å²) in [7, 11) is 1.71. The average Bonchev–Trinajstić information content (AvgIpc) is 2.64. The largest absolute Gasteiger partial charge is 0.384 e. The summed E-state index contributed by atoms with van der Waals surface area (Å²) >= 11 is 0. The zero-order valence-corrected chi connectivity index (χ0v) is 15.8. The highest BCUT2D eigenvalue weighted by molar-refractivity contribution is 5.86. The zero-order chi connectivity index (χ0) is 19.4. The van der Waals surface area contributed by atoms with Crippen LogP contribution >= 0.6 is 0 Å². The van der Waals surface area contributed by atoms with Crippen molar-refractivity contribution in [2.24, 2.45) is 5.92 Å². The number of halogens is 2. The average molecular weight is 382 g/mol. The summed E-state index contributed by atoms with van der Waals surface area (Å²) in [6.07, 6.45) is 3.11. The second-order valence-corrected chi connectivity index (χ2v) is 7.79. The maximum atomic E-state index is 13.4. The molecule has 2 saturated heterocycles. The van der Waals surface area contributed by atoms with Crippen LogP contribution in [0.15, 0.2) is 18.2 Å². The van der Waals surface area contributed by atoms with E-state index in [2.05, 4.69) is 4.90 Å². The summed E-state index contributed by atoms with van der Waals surface area (Å²) in [4.78, 5) is 16.6. The molecule has 150 valence electrons. The van der Waals surface area contributed by atoms with E-state index in [1.54, 1.807) is 12.0 Å². The molecular formula is C20H28F2N2O3. The van der Waals surface area contributed by atoms with Crippen molar-refractivity contribution >= 4 is 5.91 Å². The SMILES string of the molecule is COCC1CCN(CC2(O)CCCN(Cc3ccc(F)c(F)c3)C2=O)CC1. The molecule has 2 aliphatic rings. The molecule has 3 rings (SSSR count). The molecule has 1 N–H and O–H groups in total. The van der Waals surface area contributed by atoms with Gasteiger partial charge in [-0.15, -0.1) is 0 Å². The molecule has 0 spiro atoms. The van der Waals surface area contributed by atoms with Crippen molar-refractivity contribution in [3.63, 3.8) is 0 Å². The molecule has 0 aromatic heterocycles. The highest BCUT2D eigenvalue weighted by atomic mass is 19.2. The highest BCUT2D eigenvalue weighted by Crippen LogP contribution is 2.27. The molecule has 1 aromatic rings. The number of β-amino-alcohol motifs (C(OH)–C–C–N with tert-alkyl or cyclic N) is 1. The number of benzene rings is 1. The number of ether oxygens (including phenoxy) is 1. The van der Waals surface area contributed by atoms with Crippen LogP contribution < -0.4 is 0 Å². The first-order chi connectivity index (χ1) is 12.9. The van der Waals surface area contributed by atoms with Crippen LogP contribution in [-0.4, -0.2) is 66.3 Å². The van der Waals surface area contributed by atoms with Gasteiger partial charge in [-0.1, -0.05) is 6.07 Å². The van der Waals surface area contributed by atoms with Crippen molar-refractivity contribution in [1.29, 1.82) is 0 Å². The van der Waals surface area contributed by atoms with Gasteiger partial charge in [-0.25, -0.2) is 8.78 Å². The summed E-state index contributed by atoms with van der Waals surface area (Å²) in [5.74, 6) is -1.62. The number of methoxy groups -OCH3 is 1. The van der Waals surface area contributed by atoms with Crippen LogP contribution in [0.3, 0.4) is 0 Å². The first-order valence-electron chi connectivity index (χ1n) is 9.58. The molecule has 5 nitrogen and oxygen atoms in total. The predicted molar refractivity (Wildman–Crippen MR) is 97.0 cm³/mol. The molecule has 27 heavy (non-hydrogen) atoms. The topological polar surface area (TPSA) is 53.0 Å². The number of piperidine rings is 2. The van der Waals surface area contributed by atoms with Gasteiger partial charge >= 0.3 is 0 Å². The van der Waals surface area contributed by atoms with Crippen molar-refractivity contribution < 1.29 is 23.4 Å². The molecule has 0 saturated carbocycles. The van der Waals surface area contributed by atoms with Crippen LogP contribution in [0.2, 0.25) is 0 Å². The molecule has 1 amide bonds. The minimum absolute atomic E-state index is 0.175. The van der Waals surface area contributed by atoms with E-state index in [1.165, 1.54) is 6.07 Å². The highest BCUT2D eigenvalue weighted by Gasteiger charge is 2.43. The predicted octanol–water partition coefficient (Wildman–Crippen LogP) is 2.18. The van der Waals surface area contributed by atoms with Gasteiger partial charge in [0.05, 0.1) is 0 Å². The molecule has 2 aliphatic heterocycles. The van der Waals surface area contributed by atoms with Crippen LogP contribution in [0.4, 0.5) is 8.78 Å². The molecule has 0 bridgehead atoms. The Morgan fingerprint density at radius 3 is 2.63 bits per heavy atom. The third-order valence-electron chi connectivity index (χ3n) is 5.66. The number of rotatable bonds is 6. The van der Waals surface area contributed by atoms with Gasteiger partial charge in [-0.3, -0.25) is 9.69 Å². The van der Waals surface area contributed by atoms with Gasteiger partial charge in [0.2, 0.25) is 0 Å². The van der Waals surface area contributed by atoms with E-state index in [-0.39, 0.29) is 12.5 Å². The molecular weight excluding hydrogens is 354 g/mol. The van der Waals surface area contributed by atoms with Crippen molar-refractivity contribution in [3.8, 4) is 0 Å². The normalized spacial score (nSPS) is 25.2. The third kappa shape index (κ3) is 4.83. The summed E-state index contributed by atoms with van der Waals surface area (Å²) in [5, 5.41) is 11.0. The van der Waals surface area contributed by atoms with Crippen LogP contribution in [0.1, 0.15) is 31.2 Å². The first-order valence-corrected chi connectivity index (χ1v) is 9.58. The number of amides is 1. The monoisotopic (exact) mass is 382 g/mol. The number of nitrogens with zero attached hydrogens (tertiary/aromatic N) is 2. The lowest BCUT2D eigenvalue weighted by atomic mass is 9.89. The van der Waals surface area contributed by atoms with Crippen molar-refractivity contribution in [1.82, 2.24) is 9.80 Å². The van der Waals surface area contributed by atoms with Gasteiger partial charge in [-0.2, -0.15) is 0 Å². The number of aliphatic hydroxyl groups is 1. The van der Waals surface area contributed by atoms with Crippen molar-refractivity contribution in [2.45, 2.75) is 37.8 Å². The summed E-state index contributed by atoms with van der Waals surface area (Å²) < 4.78 is 31.8. The Morgan fingerprint density at radius 1 is 1.22 bits per heavy atom. The lowest BCUT2D eigenvalue weighted by Crippen LogP contribution is -2.59. The van der Waals surface area contributed by atoms with Crippen LogP contribution in [-0.2, 0) is 16.1 Å². The molecule has 2 fully saturated rings. The number of carbonyl (C=O) groups excluding carboxylic acids is 1. The number of hydrogen-bond donors (Lipinski definition) is 1. The smallest absolute Gasteiger partial charge is 0.256 e. The molecule has 0 aliphatic carbocycles. The Bertz CT molecular complexity index is 665. The lowest BCUT2D eigenvalue weighted by Gasteiger charge is -2.42. The lowest BCUT2D eigenvalue weighted by molar-refractivity contribution is -0.160. The quantitative estimate of drug-likeness (QED) is 0.819. The zero-order valence-electron chi connectivity index (χ0n) is 15.8. The van der Waals surface area contributed by atoms with Gasteiger partial charge in [0, 0.05) is 33.4 Å². The molecule has 1 aromatic carbocycles. The molecule has 1 atom stereocenters. The van der Waals surface area contributed by atoms with E-state index >= 15 is 0 Å². The van der Waals surface area contributed by atoms with E-state index < -0.39 is 17.2 Å². The fourth-order valence-electron chi connectivity index (χ4n) is 4.14. The van der Waals surface area contributed by atoms with Crippen LogP contribution in [0.25, 0.3) is 0 Å². The van der Waals surface area contributed by atoms with Crippen LogP contribution in [0, 0.1) is 17.6 Å². The summed E-state index contributed by atoms with van der Waals surface area (Å²) in [6.45, 7) is 3.43. The Balaban J connectivity index is 1.60. The maximum Gasteiger partial charge on any atom is 0.256 e. The van der Waals surface area contributed by atoms with Gasteiger partial charge < -0.3 is 14.7 Å². The Morgan fingerprint density at radius 2 is 1.96 bits per heavy atom. The Hall–Kier alpha value is -1.57. The van der Waals surface area contributed by atoms with Gasteiger partial charge in [0.25, 0.3) is 5.91 Å². The standard InChI is InChI=1S/C20H28F2N2O3/c1-27-13-15-5-9-23(10-6-15)14-20(26)7-2-8-24(19(20)25)12-16-3-4-17(21)18(22)11-16/h3-4,11,15,26H,2,5-10,12-14H2,1H3. The minimum atomic E-state index is -1.41. The van der Waals surface area contributed by atoms with Crippen LogP contribution in [0.5, 0.6) is 0 Å². The molecule has 7 heteroatoms. The fraction of sp³-hybridized carbons (Fsp3) is 0.650. The molecule has 2 heterocycles. The second-order valence-electron chi connectivity index (χ2n) is 7.79. The van der Waals surface area contributed by atoms with Gasteiger partial charge in [0.15, 0.2) is 17.2 Å². The van der Waals surface area contributed by atoms with E-state index in [1.807, 2.05) is 0 Å². The van der Waals surface area contributed by atoms with Crippen molar-refractivity contribution in [2.75, 3.05) is 39.9 Å². The summed E-state index contributed by atoms with van der Waals surface area (Å²) in [5.41, 5.74) is -0.892. The van der Waals surface area contributed by atoms with Gasteiger partial charge in [0.1, 0.15) is 0 Å². The van der Waals surface area contributed by atoms with Crippen molar-refractivity contribution in [3.05, 3.63) is 35.4 Å². The molecule has 0 radical (unpaired) electrons. The van der Waals surface area contributed by atoms with E-state index in [0.717, 1.165) is 44.7 Å². The number of carbonyl (C=O) groups is 1. The van der Waals surface area contributed by atoms with Gasteiger partial charge in [-0.05, 0) is 62.4 Å². The Labute approximate surface area is 158 Å². The summed E-state index contributed by atoms with van der Waals surface area (Å²) in [6, 6.07) is 3.65. The molecule has 1 unspecified atom stereocenters. The van der Waals surface area contributed by atoms with E-state index in [9.17, 15) is 18.7 Å². The Kier molecular flexibility index (Phi) is 6.44. The van der Waals surface area contributed by atoms with E-state index in [0.29, 0.717) is 37.4 Å². The second kappa shape index (κ2) is 8.63. The minimum Gasteiger partial charge on any atom is -0.384 e. The third-order valence-corrected chi connectivity index (χ3v) is 5.66. The maximum absolute atomic E-state index is 13.4.